The maximum absolute atomic E-state index is 12.7. The summed E-state index contributed by atoms with van der Waals surface area (Å²) < 4.78 is 38.0. The van der Waals surface area contributed by atoms with Crippen LogP contribution in [0.15, 0.2) is 24.3 Å². The number of hydrogen-bond acceptors (Lipinski definition) is 3. The third-order valence-electron chi connectivity index (χ3n) is 5.23. The maximum Gasteiger partial charge on any atom is 0.416 e. The average Bonchev–Trinajstić information content (AvgIpc) is 2.87. The van der Waals surface area contributed by atoms with Crippen molar-refractivity contribution >= 4 is 30.7 Å². The van der Waals surface area contributed by atoms with Crippen LogP contribution in [0.3, 0.4) is 0 Å². The number of amides is 1. The van der Waals surface area contributed by atoms with Gasteiger partial charge in [-0.05, 0) is 43.5 Å². The van der Waals surface area contributed by atoms with Gasteiger partial charge in [-0.1, -0.05) is 12.1 Å². The number of carbonyl (C=O) groups is 1. The SMILES string of the molecule is Cl.Cl.O=C(C1CCCNC1)N1CCCN(Cc2ccc(C(F)(F)F)cc2)CC1. The van der Waals surface area contributed by atoms with Crippen LogP contribution in [0.2, 0.25) is 0 Å². The second-order valence-corrected chi connectivity index (χ2v) is 7.19. The van der Waals surface area contributed by atoms with Crippen LogP contribution in [0.5, 0.6) is 0 Å². The summed E-state index contributed by atoms with van der Waals surface area (Å²) >= 11 is 0. The molecule has 4 nitrogen and oxygen atoms in total. The highest BCUT2D eigenvalue weighted by Gasteiger charge is 2.30. The molecule has 1 N–H and O–H groups in total. The van der Waals surface area contributed by atoms with E-state index in [1.54, 1.807) is 12.1 Å². The first kappa shape index (κ1) is 25.0. The van der Waals surface area contributed by atoms with E-state index in [1.165, 1.54) is 0 Å². The molecule has 2 aliphatic rings. The lowest BCUT2D eigenvalue weighted by molar-refractivity contribution is -0.137. The maximum atomic E-state index is 12.7. The largest absolute Gasteiger partial charge is 0.416 e. The molecule has 1 aromatic carbocycles. The van der Waals surface area contributed by atoms with Crippen molar-refractivity contribution in [2.45, 2.75) is 32.0 Å². The third-order valence-corrected chi connectivity index (χ3v) is 5.23. The summed E-state index contributed by atoms with van der Waals surface area (Å²) in [4.78, 5) is 16.8. The van der Waals surface area contributed by atoms with Crippen LogP contribution in [0.4, 0.5) is 13.2 Å². The van der Waals surface area contributed by atoms with Crippen LogP contribution in [0.25, 0.3) is 0 Å². The summed E-state index contributed by atoms with van der Waals surface area (Å²) in [5, 5.41) is 3.29. The van der Waals surface area contributed by atoms with E-state index in [9.17, 15) is 18.0 Å². The minimum Gasteiger partial charge on any atom is -0.341 e. The van der Waals surface area contributed by atoms with Gasteiger partial charge >= 0.3 is 6.18 Å². The lowest BCUT2D eigenvalue weighted by Gasteiger charge is -2.29. The Kier molecular flexibility index (Phi) is 10.0. The molecular formula is C19H28Cl2F3N3O. The highest BCUT2D eigenvalue weighted by Crippen LogP contribution is 2.29. The van der Waals surface area contributed by atoms with Gasteiger partial charge in [0.05, 0.1) is 11.5 Å². The zero-order valence-electron chi connectivity index (χ0n) is 15.7. The fraction of sp³-hybridized carbons (Fsp3) is 0.632. The van der Waals surface area contributed by atoms with Crippen LogP contribution in [0, 0.1) is 5.92 Å². The smallest absolute Gasteiger partial charge is 0.341 e. The van der Waals surface area contributed by atoms with E-state index in [4.69, 9.17) is 0 Å². The summed E-state index contributed by atoms with van der Waals surface area (Å²) in [6.07, 6.45) is -1.40. The summed E-state index contributed by atoms with van der Waals surface area (Å²) in [6.45, 7) is 5.44. The van der Waals surface area contributed by atoms with E-state index in [0.29, 0.717) is 13.1 Å². The minimum atomic E-state index is -4.30. The van der Waals surface area contributed by atoms with E-state index >= 15 is 0 Å². The zero-order chi connectivity index (χ0) is 18.6. The van der Waals surface area contributed by atoms with Crippen molar-refractivity contribution in [3.05, 3.63) is 35.4 Å². The van der Waals surface area contributed by atoms with Gasteiger partial charge in [0, 0.05) is 39.3 Å². The van der Waals surface area contributed by atoms with Crippen molar-refractivity contribution in [3.8, 4) is 0 Å². The molecule has 160 valence electrons. The van der Waals surface area contributed by atoms with Crippen molar-refractivity contribution in [1.29, 1.82) is 0 Å². The standard InChI is InChI=1S/C19H26F3N3O.2ClH/c20-19(21,22)17-6-4-15(5-7-17)14-24-9-2-10-25(12-11-24)18(26)16-3-1-8-23-13-16;;/h4-7,16,23H,1-3,8-14H2;2*1H. The van der Waals surface area contributed by atoms with Crippen molar-refractivity contribution in [2.24, 2.45) is 5.92 Å². The van der Waals surface area contributed by atoms with Gasteiger partial charge in [-0.15, -0.1) is 24.8 Å². The van der Waals surface area contributed by atoms with Gasteiger partial charge < -0.3 is 10.2 Å². The number of carbonyl (C=O) groups excluding carboxylic acids is 1. The second kappa shape index (κ2) is 11.2. The Morgan fingerprint density at radius 2 is 1.75 bits per heavy atom. The molecule has 9 heteroatoms. The van der Waals surface area contributed by atoms with E-state index in [-0.39, 0.29) is 36.6 Å². The van der Waals surface area contributed by atoms with Crippen LogP contribution in [-0.2, 0) is 17.5 Å². The number of nitrogens with zero attached hydrogens (tertiary/aromatic N) is 2. The van der Waals surface area contributed by atoms with Gasteiger partial charge in [-0.3, -0.25) is 9.69 Å². The summed E-state index contributed by atoms with van der Waals surface area (Å²) in [7, 11) is 0. The van der Waals surface area contributed by atoms with Crippen LogP contribution in [-0.4, -0.2) is 55.0 Å². The van der Waals surface area contributed by atoms with Crippen LogP contribution < -0.4 is 5.32 Å². The van der Waals surface area contributed by atoms with Gasteiger partial charge in [0.1, 0.15) is 0 Å². The minimum absolute atomic E-state index is 0. The van der Waals surface area contributed by atoms with E-state index < -0.39 is 11.7 Å². The Hall–Kier alpha value is -1.02. The molecule has 1 aromatic rings. The Labute approximate surface area is 176 Å². The molecule has 28 heavy (non-hydrogen) atoms. The first-order valence-corrected chi connectivity index (χ1v) is 9.31. The summed E-state index contributed by atoms with van der Waals surface area (Å²) in [5.41, 5.74) is 0.254. The Bertz CT molecular complexity index is 607. The Morgan fingerprint density at radius 1 is 1.04 bits per heavy atom. The van der Waals surface area contributed by atoms with Gasteiger partial charge in [0.25, 0.3) is 0 Å². The fourth-order valence-corrected chi connectivity index (χ4v) is 3.73. The fourth-order valence-electron chi connectivity index (χ4n) is 3.73. The molecule has 1 atom stereocenters. The zero-order valence-corrected chi connectivity index (χ0v) is 17.3. The molecule has 0 bridgehead atoms. The predicted molar refractivity (Wildman–Crippen MR) is 108 cm³/mol. The predicted octanol–water partition coefficient (Wildman–Crippen LogP) is 3.58. The van der Waals surface area contributed by atoms with Gasteiger partial charge in [0.15, 0.2) is 0 Å². The lowest BCUT2D eigenvalue weighted by atomic mass is 9.98. The molecule has 0 radical (unpaired) electrons. The van der Waals surface area contributed by atoms with E-state index in [1.807, 2.05) is 4.90 Å². The van der Waals surface area contributed by atoms with E-state index in [0.717, 1.165) is 69.7 Å². The molecule has 2 aliphatic heterocycles. The molecule has 0 aromatic heterocycles. The number of alkyl halides is 3. The van der Waals surface area contributed by atoms with Crippen molar-refractivity contribution in [1.82, 2.24) is 15.1 Å². The topological polar surface area (TPSA) is 35.6 Å². The molecule has 0 spiro atoms. The molecule has 0 aliphatic carbocycles. The monoisotopic (exact) mass is 441 g/mol. The second-order valence-electron chi connectivity index (χ2n) is 7.19. The third kappa shape index (κ3) is 6.79. The van der Waals surface area contributed by atoms with Gasteiger partial charge in [-0.25, -0.2) is 0 Å². The molecule has 0 saturated carbocycles. The first-order chi connectivity index (χ1) is 12.4. The number of hydrogen-bond donors (Lipinski definition) is 1. The molecule has 3 rings (SSSR count). The van der Waals surface area contributed by atoms with Crippen molar-refractivity contribution < 1.29 is 18.0 Å². The molecule has 2 heterocycles. The molecule has 2 saturated heterocycles. The number of rotatable bonds is 3. The number of nitrogens with one attached hydrogen (secondary N) is 1. The highest BCUT2D eigenvalue weighted by molar-refractivity contribution is 5.85. The summed E-state index contributed by atoms with van der Waals surface area (Å²) in [5.74, 6) is 0.332. The Balaban J connectivity index is 0.00000196. The number of halogens is 5. The Morgan fingerprint density at radius 3 is 2.36 bits per heavy atom. The molecular weight excluding hydrogens is 414 g/mol. The quantitative estimate of drug-likeness (QED) is 0.778. The van der Waals surface area contributed by atoms with Crippen LogP contribution >= 0.6 is 24.8 Å². The average molecular weight is 442 g/mol. The highest BCUT2D eigenvalue weighted by atomic mass is 35.5. The molecule has 1 unspecified atom stereocenters. The van der Waals surface area contributed by atoms with Crippen LogP contribution in [0.1, 0.15) is 30.4 Å². The number of piperidine rings is 1. The van der Waals surface area contributed by atoms with Gasteiger partial charge in [0.2, 0.25) is 5.91 Å². The van der Waals surface area contributed by atoms with Gasteiger partial charge in [-0.2, -0.15) is 13.2 Å². The normalized spacial score (nSPS) is 21.2. The van der Waals surface area contributed by atoms with E-state index in [2.05, 4.69) is 10.2 Å². The summed E-state index contributed by atoms with van der Waals surface area (Å²) in [6, 6.07) is 5.37. The van der Waals surface area contributed by atoms with Crippen molar-refractivity contribution in [3.63, 3.8) is 0 Å². The first-order valence-electron chi connectivity index (χ1n) is 9.31. The lowest BCUT2D eigenvalue weighted by Crippen LogP contribution is -2.44. The molecule has 1 amide bonds. The number of benzene rings is 1. The molecule has 2 fully saturated rings. The van der Waals surface area contributed by atoms with Crippen molar-refractivity contribution in [2.75, 3.05) is 39.3 Å².